The molecule has 0 N–H and O–H groups in total. The Morgan fingerprint density at radius 2 is 2.00 bits per heavy atom. The number of hydrogen-bond donors (Lipinski definition) is 0. The number of nitrogens with zero attached hydrogens (tertiary/aromatic N) is 3. The Labute approximate surface area is 108 Å². The molecule has 0 unspecified atom stereocenters. The maximum atomic E-state index is 12.6. The third-order valence-electron chi connectivity index (χ3n) is 2.98. The molecule has 0 saturated carbocycles. The molecule has 7 heteroatoms. The van der Waals surface area contributed by atoms with Crippen molar-refractivity contribution >= 4 is 17.4 Å². The molecule has 0 radical (unpaired) electrons. The smallest absolute Gasteiger partial charge is 0.356 e. The van der Waals surface area contributed by atoms with Gasteiger partial charge in [0.25, 0.3) is 0 Å². The molecule has 0 atom stereocenters. The molecule has 1 aliphatic heterocycles. The third-order valence-corrected chi connectivity index (χ3v) is 3.15. The molecule has 0 aromatic carbocycles. The van der Waals surface area contributed by atoms with Crippen molar-refractivity contribution in [2.45, 2.75) is 26.4 Å². The van der Waals surface area contributed by atoms with Gasteiger partial charge in [-0.2, -0.15) is 13.2 Å². The van der Waals surface area contributed by atoms with Gasteiger partial charge in [0, 0.05) is 19.2 Å². The van der Waals surface area contributed by atoms with Gasteiger partial charge in [-0.05, 0) is 23.4 Å². The summed E-state index contributed by atoms with van der Waals surface area (Å²) in [6.07, 6.45) is -3.59. The van der Waals surface area contributed by atoms with E-state index in [2.05, 4.69) is 23.8 Å². The van der Waals surface area contributed by atoms with Crippen LogP contribution in [0.3, 0.4) is 0 Å². The number of aromatic nitrogens is 2. The van der Waals surface area contributed by atoms with E-state index in [0.717, 1.165) is 12.5 Å². The van der Waals surface area contributed by atoms with Gasteiger partial charge in [-0.15, -0.1) is 0 Å². The summed E-state index contributed by atoms with van der Waals surface area (Å²) < 4.78 is 37.9. The Morgan fingerprint density at radius 3 is 2.50 bits per heavy atom. The highest BCUT2D eigenvalue weighted by Gasteiger charge is 2.36. The predicted octanol–water partition coefficient (Wildman–Crippen LogP) is 3.39. The van der Waals surface area contributed by atoms with Crippen LogP contribution in [0.15, 0.2) is 6.07 Å². The summed E-state index contributed by atoms with van der Waals surface area (Å²) in [5, 5.41) is -0.371. The average Bonchev–Trinajstić information content (AvgIpc) is 2.56. The molecule has 1 saturated heterocycles. The van der Waals surface area contributed by atoms with E-state index in [1.165, 1.54) is 0 Å². The number of halogens is 4. The van der Waals surface area contributed by atoms with Crippen LogP contribution < -0.4 is 4.90 Å². The summed E-state index contributed by atoms with van der Waals surface area (Å²) in [4.78, 5) is 8.90. The van der Waals surface area contributed by atoms with Crippen LogP contribution in [0.2, 0.25) is 5.28 Å². The molecule has 2 rings (SSSR count). The highest BCUT2D eigenvalue weighted by atomic mass is 35.5. The fraction of sp³-hybridized carbons (Fsp3) is 0.636. The average molecular weight is 280 g/mol. The van der Waals surface area contributed by atoms with Crippen LogP contribution in [-0.2, 0) is 6.18 Å². The molecule has 0 spiro atoms. The zero-order chi connectivity index (χ0) is 13.6. The minimum atomic E-state index is -4.50. The molecular formula is C11H13ClF3N3. The van der Waals surface area contributed by atoms with Gasteiger partial charge < -0.3 is 4.90 Å². The Balaban J connectivity index is 2.32. The van der Waals surface area contributed by atoms with Gasteiger partial charge in [0.1, 0.15) is 5.82 Å². The summed E-state index contributed by atoms with van der Waals surface area (Å²) in [7, 11) is 0. The van der Waals surface area contributed by atoms with E-state index in [9.17, 15) is 13.2 Å². The topological polar surface area (TPSA) is 29.0 Å². The van der Waals surface area contributed by atoms with Crippen molar-refractivity contribution < 1.29 is 13.2 Å². The lowest BCUT2D eigenvalue weighted by atomic mass is 9.93. The second kappa shape index (κ2) is 4.26. The Kier molecular flexibility index (Phi) is 3.17. The van der Waals surface area contributed by atoms with Crippen molar-refractivity contribution in [1.82, 2.24) is 9.97 Å². The van der Waals surface area contributed by atoms with Crippen LogP contribution in [0.25, 0.3) is 0 Å². The summed E-state index contributed by atoms with van der Waals surface area (Å²) in [5.74, 6) is 0.243. The lowest BCUT2D eigenvalue weighted by molar-refractivity contribution is -0.141. The molecule has 1 aliphatic rings. The van der Waals surface area contributed by atoms with E-state index < -0.39 is 11.9 Å². The van der Waals surface area contributed by atoms with Crippen molar-refractivity contribution in [3.8, 4) is 0 Å². The normalized spacial score (nSPS) is 19.3. The summed E-state index contributed by atoms with van der Waals surface area (Å²) in [6.45, 7) is 5.48. The molecular weight excluding hydrogens is 267 g/mol. The second-order valence-corrected chi connectivity index (χ2v) is 5.55. The Hall–Kier alpha value is -1.04. The summed E-state index contributed by atoms with van der Waals surface area (Å²) in [5.41, 5.74) is -0.919. The first-order valence-electron chi connectivity index (χ1n) is 5.54. The van der Waals surface area contributed by atoms with Crippen LogP contribution >= 0.6 is 11.6 Å². The van der Waals surface area contributed by atoms with E-state index in [-0.39, 0.29) is 16.5 Å². The van der Waals surface area contributed by atoms with Crippen LogP contribution in [0.1, 0.15) is 26.0 Å². The molecule has 0 aliphatic carbocycles. The first-order valence-corrected chi connectivity index (χ1v) is 5.92. The molecule has 0 amide bonds. The molecule has 3 nitrogen and oxygen atoms in total. The molecule has 0 bridgehead atoms. The van der Waals surface area contributed by atoms with E-state index in [4.69, 9.17) is 11.6 Å². The molecule has 1 fully saturated rings. The number of anilines is 1. The zero-order valence-corrected chi connectivity index (χ0v) is 10.8. The summed E-state index contributed by atoms with van der Waals surface area (Å²) >= 11 is 5.56. The lowest BCUT2D eigenvalue weighted by Gasteiger charge is -2.21. The van der Waals surface area contributed by atoms with Crippen LogP contribution in [0, 0.1) is 5.41 Å². The fourth-order valence-corrected chi connectivity index (χ4v) is 2.20. The number of hydrogen-bond acceptors (Lipinski definition) is 3. The van der Waals surface area contributed by atoms with Crippen LogP contribution in [0.4, 0.5) is 19.0 Å². The van der Waals surface area contributed by atoms with Gasteiger partial charge in [-0.25, -0.2) is 9.97 Å². The Bertz CT molecular complexity index is 459. The number of rotatable bonds is 1. The van der Waals surface area contributed by atoms with E-state index >= 15 is 0 Å². The zero-order valence-electron chi connectivity index (χ0n) is 10.1. The highest BCUT2D eigenvalue weighted by Crippen LogP contribution is 2.35. The van der Waals surface area contributed by atoms with Crippen LogP contribution in [-0.4, -0.2) is 23.1 Å². The molecule has 1 aromatic heterocycles. The van der Waals surface area contributed by atoms with Gasteiger partial charge in [-0.3, -0.25) is 0 Å². The van der Waals surface area contributed by atoms with Gasteiger partial charge in [0.2, 0.25) is 5.28 Å². The molecule has 2 heterocycles. The fourth-order valence-electron chi connectivity index (χ4n) is 2.02. The van der Waals surface area contributed by atoms with Crippen molar-refractivity contribution in [2.24, 2.45) is 5.41 Å². The minimum absolute atomic E-state index is 0.0792. The van der Waals surface area contributed by atoms with E-state index in [1.807, 2.05) is 4.90 Å². The van der Waals surface area contributed by atoms with Crippen molar-refractivity contribution in [3.63, 3.8) is 0 Å². The maximum absolute atomic E-state index is 12.6. The van der Waals surface area contributed by atoms with Gasteiger partial charge in [-0.1, -0.05) is 13.8 Å². The SMILES string of the molecule is CC1(C)CCN(c2cc(C(F)(F)F)nc(Cl)n2)C1. The number of alkyl halides is 3. The molecule has 18 heavy (non-hydrogen) atoms. The summed E-state index contributed by atoms with van der Waals surface area (Å²) in [6, 6.07) is 0.952. The first kappa shape index (κ1) is 13.4. The van der Waals surface area contributed by atoms with Crippen molar-refractivity contribution in [1.29, 1.82) is 0 Å². The van der Waals surface area contributed by atoms with E-state index in [0.29, 0.717) is 13.1 Å². The third kappa shape index (κ3) is 2.85. The Morgan fingerprint density at radius 1 is 1.33 bits per heavy atom. The highest BCUT2D eigenvalue weighted by molar-refractivity contribution is 6.28. The minimum Gasteiger partial charge on any atom is -0.356 e. The van der Waals surface area contributed by atoms with Gasteiger partial charge in [0.05, 0.1) is 0 Å². The first-order chi connectivity index (χ1) is 8.17. The van der Waals surface area contributed by atoms with Gasteiger partial charge in [0.15, 0.2) is 5.69 Å². The molecule has 1 aromatic rings. The van der Waals surface area contributed by atoms with E-state index in [1.54, 1.807) is 0 Å². The molecule has 100 valence electrons. The largest absolute Gasteiger partial charge is 0.433 e. The predicted molar refractivity (Wildman–Crippen MR) is 62.7 cm³/mol. The van der Waals surface area contributed by atoms with Gasteiger partial charge >= 0.3 is 6.18 Å². The lowest BCUT2D eigenvalue weighted by Crippen LogP contribution is -2.24. The monoisotopic (exact) mass is 279 g/mol. The maximum Gasteiger partial charge on any atom is 0.433 e. The van der Waals surface area contributed by atoms with Crippen LogP contribution in [0.5, 0.6) is 0 Å². The van der Waals surface area contributed by atoms with Crippen molar-refractivity contribution in [3.05, 3.63) is 17.0 Å². The second-order valence-electron chi connectivity index (χ2n) is 5.21. The van der Waals surface area contributed by atoms with Crippen molar-refractivity contribution in [2.75, 3.05) is 18.0 Å². The standard InChI is InChI=1S/C11H13ClF3N3/c1-10(2)3-4-18(6-10)8-5-7(11(13,14)15)16-9(12)17-8/h5H,3-4,6H2,1-2H3. The quantitative estimate of drug-likeness (QED) is 0.738.